The summed E-state index contributed by atoms with van der Waals surface area (Å²) < 4.78 is 25.3. The van der Waals surface area contributed by atoms with E-state index in [1.807, 2.05) is 0 Å². The second-order valence-corrected chi connectivity index (χ2v) is 2.99. The lowest BCUT2D eigenvalue weighted by atomic mass is 10.2. The Bertz CT molecular complexity index is 355. The maximum Gasteiger partial charge on any atom is 0.251 e. The van der Waals surface area contributed by atoms with E-state index in [2.05, 4.69) is 10.6 Å². The average Bonchev–Trinajstić information content (AvgIpc) is 2.22. The van der Waals surface area contributed by atoms with Crippen molar-refractivity contribution >= 4 is 5.91 Å². The van der Waals surface area contributed by atoms with Gasteiger partial charge in [0.25, 0.3) is 5.91 Å². The van der Waals surface area contributed by atoms with Crippen molar-refractivity contribution in [1.29, 1.82) is 0 Å². The molecule has 0 aromatic heterocycles. The normalized spacial score (nSPS) is 10.1. The van der Waals surface area contributed by atoms with Gasteiger partial charge < -0.3 is 10.6 Å². The van der Waals surface area contributed by atoms with Crippen LogP contribution in [0.1, 0.15) is 10.4 Å². The first-order valence-corrected chi connectivity index (χ1v) is 4.53. The first kappa shape index (κ1) is 11.6. The molecule has 0 aliphatic heterocycles. The fourth-order valence-electron chi connectivity index (χ4n) is 1.04. The SMILES string of the molecule is CNCCNC(=O)c1ccc(F)c(F)c1. The van der Waals surface area contributed by atoms with Crippen LogP contribution in [0.25, 0.3) is 0 Å². The quantitative estimate of drug-likeness (QED) is 0.731. The maximum atomic E-state index is 12.8. The van der Waals surface area contributed by atoms with Crippen LogP contribution in [0.2, 0.25) is 0 Å². The van der Waals surface area contributed by atoms with Gasteiger partial charge in [0.05, 0.1) is 0 Å². The molecule has 0 fully saturated rings. The van der Waals surface area contributed by atoms with Crippen molar-refractivity contribution in [1.82, 2.24) is 10.6 Å². The standard InChI is InChI=1S/C10H12F2N2O/c1-13-4-5-14-10(15)7-2-3-8(11)9(12)6-7/h2-3,6,13H,4-5H2,1H3,(H,14,15). The molecule has 5 heteroatoms. The Morgan fingerprint density at radius 2 is 2.00 bits per heavy atom. The van der Waals surface area contributed by atoms with Gasteiger partial charge in [-0.3, -0.25) is 4.79 Å². The zero-order chi connectivity index (χ0) is 11.3. The second-order valence-electron chi connectivity index (χ2n) is 2.99. The molecule has 82 valence electrons. The van der Waals surface area contributed by atoms with Crippen molar-refractivity contribution in [2.24, 2.45) is 0 Å². The molecule has 3 nitrogen and oxygen atoms in total. The van der Waals surface area contributed by atoms with E-state index in [-0.39, 0.29) is 5.56 Å². The molecule has 15 heavy (non-hydrogen) atoms. The second kappa shape index (κ2) is 5.41. The van der Waals surface area contributed by atoms with E-state index in [1.54, 1.807) is 7.05 Å². The molecule has 0 radical (unpaired) electrons. The summed E-state index contributed by atoms with van der Waals surface area (Å²) in [4.78, 5) is 11.4. The Labute approximate surface area is 86.5 Å². The summed E-state index contributed by atoms with van der Waals surface area (Å²) in [6.07, 6.45) is 0. The summed E-state index contributed by atoms with van der Waals surface area (Å²) in [6.45, 7) is 1.06. The van der Waals surface area contributed by atoms with Crippen molar-refractivity contribution < 1.29 is 13.6 Å². The molecule has 1 aromatic carbocycles. The summed E-state index contributed by atoms with van der Waals surface area (Å²) in [5.74, 6) is -2.39. The summed E-state index contributed by atoms with van der Waals surface area (Å²) in [7, 11) is 1.75. The predicted molar refractivity (Wildman–Crippen MR) is 52.6 cm³/mol. The number of nitrogens with one attached hydrogen (secondary N) is 2. The number of amides is 1. The van der Waals surface area contributed by atoms with Gasteiger partial charge >= 0.3 is 0 Å². The van der Waals surface area contributed by atoms with Crippen LogP contribution < -0.4 is 10.6 Å². The number of carbonyl (C=O) groups excluding carboxylic acids is 1. The summed E-state index contributed by atoms with van der Waals surface area (Å²) in [5, 5.41) is 5.40. The van der Waals surface area contributed by atoms with Crippen molar-refractivity contribution in [3.63, 3.8) is 0 Å². The number of halogens is 2. The Morgan fingerprint density at radius 1 is 1.27 bits per heavy atom. The first-order valence-electron chi connectivity index (χ1n) is 4.53. The van der Waals surface area contributed by atoms with Gasteiger partial charge in [-0.2, -0.15) is 0 Å². The molecule has 0 bridgehead atoms. The van der Waals surface area contributed by atoms with E-state index in [9.17, 15) is 13.6 Å². The van der Waals surface area contributed by atoms with E-state index in [0.29, 0.717) is 13.1 Å². The van der Waals surface area contributed by atoms with Gasteiger partial charge in [-0.15, -0.1) is 0 Å². The molecule has 0 heterocycles. The monoisotopic (exact) mass is 214 g/mol. The van der Waals surface area contributed by atoms with Crippen LogP contribution in [-0.2, 0) is 0 Å². The molecule has 1 aromatic rings. The lowest BCUT2D eigenvalue weighted by Gasteiger charge is -2.04. The highest BCUT2D eigenvalue weighted by Gasteiger charge is 2.08. The van der Waals surface area contributed by atoms with E-state index < -0.39 is 17.5 Å². The maximum absolute atomic E-state index is 12.8. The Balaban J connectivity index is 2.62. The number of hydrogen-bond acceptors (Lipinski definition) is 2. The number of carbonyl (C=O) groups is 1. The van der Waals surface area contributed by atoms with E-state index in [4.69, 9.17) is 0 Å². The Hall–Kier alpha value is -1.49. The third-order valence-corrected chi connectivity index (χ3v) is 1.84. The van der Waals surface area contributed by atoms with Crippen LogP contribution in [0, 0.1) is 11.6 Å². The largest absolute Gasteiger partial charge is 0.351 e. The lowest BCUT2D eigenvalue weighted by molar-refractivity contribution is 0.0953. The highest BCUT2D eigenvalue weighted by molar-refractivity contribution is 5.94. The molecule has 1 amide bonds. The number of rotatable bonds is 4. The topological polar surface area (TPSA) is 41.1 Å². The van der Waals surface area contributed by atoms with Crippen molar-refractivity contribution in [2.45, 2.75) is 0 Å². The third-order valence-electron chi connectivity index (χ3n) is 1.84. The zero-order valence-corrected chi connectivity index (χ0v) is 8.31. The highest BCUT2D eigenvalue weighted by atomic mass is 19.2. The molecule has 0 aliphatic carbocycles. The molecule has 0 atom stereocenters. The van der Waals surface area contributed by atoms with Gasteiger partial charge in [-0.25, -0.2) is 8.78 Å². The summed E-state index contributed by atoms with van der Waals surface area (Å²) in [6, 6.07) is 3.06. The van der Waals surface area contributed by atoms with Crippen molar-refractivity contribution in [2.75, 3.05) is 20.1 Å². The first-order chi connectivity index (χ1) is 7.15. The predicted octanol–water partition coefficient (Wildman–Crippen LogP) is 0.914. The Kier molecular flexibility index (Phi) is 4.17. The Morgan fingerprint density at radius 3 is 2.60 bits per heavy atom. The molecule has 0 saturated carbocycles. The van der Waals surface area contributed by atoms with Gasteiger partial charge in [0.2, 0.25) is 0 Å². The fraction of sp³-hybridized carbons (Fsp3) is 0.300. The summed E-state index contributed by atoms with van der Waals surface area (Å²) >= 11 is 0. The zero-order valence-electron chi connectivity index (χ0n) is 8.31. The molecule has 2 N–H and O–H groups in total. The van der Waals surface area contributed by atoms with Crippen molar-refractivity contribution in [3.8, 4) is 0 Å². The van der Waals surface area contributed by atoms with E-state index >= 15 is 0 Å². The molecular formula is C10H12F2N2O. The molecule has 0 unspecified atom stereocenters. The number of hydrogen-bond donors (Lipinski definition) is 2. The highest BCUT2D eigenvalue weighted by Crippen LogP contribution is 2.08. The number of benzene rings is 1. The van der Waals surface area contributed by atoms with Gasteiger partial charge in [-0.1, -0.05) is 0 Å². The van der Waals surface area contributed by atoms with E-state index in [0.717, 1.165) is 12.1 Å². The molecule has 0 aliphatic rings. The number of likely N-dealkylation sites (N-methyl/N-ethyl adjacent to an activating group) is 1. The van der Waals surface area contributed by atoms with Gasteiger partial charge in [-0.05, 0) is 25.2 Å². The molecular weight excluding hydrogens is 202 g/mol. The van der Waals surface area contributed by atoms with Gasteiger partial charge in [0.15, 0.2) is 11.6 Å². The smallest absolute Gasteiger partial charge is 0.251 e. The van der Waals surface area contributed by atoms with Crippen LogP contribution in [-0.4, -0.2) is 26.0 Å². The third kappa shape index (κ3) is 3.28. The van der Waals surface area contributed by atoms with E-state index in [1.165, 1.54) is 6.07 Å². The molecule has 0 spiro atoms. The summed E-state index contributed by atoms with van der Waals surface area (Å²) in [5.41, 5.74) is 0.116. The molecule has 0 saturated heterocycles. The minimum absolute atomic E-state index is 0.116. The average molecular weight is 214 g/mol. The van der Waals surface area contributed by atoms with Crippen molar-refractivity contribution in [3.05, 3.63) is 35.4 Å². The fourth-order valence-corrected chi connectivity index (χ4v) is 1.04. The van der Waals surface area contributed by atoms with Gasteiger partial charge in [0, 0.05) is 18.7 Å². The van der Waals surface area contributed by atoms with Crippen LogP contribution in [0.5, 0.6) is 0 Å². The minimum Gasteiger partial charge on any atom is -0.351 e. The van der Waals surface area contributed by atoms with Crippen LogP contribution >= 0.6 is 0 Å². The van der Waals surface area contributed by atoms with Crippen LogP contribution in [0.4, 0.5) is 8.78 Å². The molecule has 1 rings (SSSR count). The minimum atomic E-state index is -1.02. The lowest BCUT2D eigenvalue weighted by Crippen LogP contribution is -2.30. The van der Waals surface area contributed by atoms with Crippen LogP contribution in [0.3, 0.4) is 0 Å². The van der Waals surface area contributed by atoms with Crippen LogP contribution in [0.15, 0.2) is 18.2 Å². The van der Waals surface area contributed by atoms with Gasteiger partial charge in [0.1, 0.15) is 0 Å².